The maximum atomic E-state index is 11.3. The standard InChI is InChI=1S/C15H18N2O2/c1-4-5-15-14(9-17(2)16-15)13-7-6-12(19-3)8-11(13)10-18/h6-10H,4-5H2,1-3H3. The van der Waals surface area contributed by atoms with Crippen molar-refractivity contribution in [1.29, 1.82) is 0 Å². The molecule has 0 spiro atoms. The normalized spacial score (nSPS) is 10.5. The van der Waals surface area contributed by atoms with Crippen molar-refractivity contribution in [2.45, 2.75) is 19.8 Å². The van der Waals surface area contributed by atoms with Gasteiger partial charge < -0.3 is 4.74 Å². The lowest BCUT2D eigenvalue weighted by Crippen LogP contribution is -1.93. The van der Waals surface area contributed by atoms with Crippen molar-refractivity contribution < 1.29 is 9.53 Å². The lowest BCUT2D eigenvalue weighted by atomic mass is 9.99. The second-order valence-corrected chi connectivity index (χ2v) is 4.48. The first-order valence-corrected chi connectivity index (χ1v) is 6.35. The first kappa shape index (κ1) is 13.3. The van der Waals surface area contributed by atoms with Crippen LogP contribution in [0.15, 0.2) is 24.4 Å². The minimum absolute atomic E-state index is 0.629. The van der Waals surface area contributed by atoms with Gasteiger partial charge in [0, 0.05) is 24.4 Å². The Morgan fingerprint density at radius 2 is 2.16 bits per heavy atom. The molecule has 100 valence electrons. The SMILES string of the molecule is CCCc1nn(C)cc1-c1ccc(OC)cc1C=O. The van der Waals surface area contributed by atoms with Crippen molar-refractivity contribution in [3.8, 4) is 16.9 Å². The Bertz CT molecular complexity index is 588. The van der Waals surface area contributed by atoms with E-state index in [1.165, 1.54) is 0 Å². The zero-order valence-electron chi connectivity index (χ0n) is 11.5. The van der Waals surface area contributed by atoms with Crippen LogP contribution in [0.5, 0.6) is 5.75 Å². The highest BCUT2D eigenvalue weighted by Gasteiger charge is 2.13. The minimum Gasteiger partial charge on any atom is -0.497 e. The van der Waals surface area contributed by atoms with Crippen LogP contribution in [0.2, 0.25) is 0 Å². The van der Waals surface area contributed by atoms with E-state index in [0.717, 1.165) is 35.9 Å². The van der Waals surface area contributed by atoms with Crippen molar-refractivity contribution in [1.82, 2.24) is 9.78 Å². The third kappa shape index (κ3) is 2.67. The molecule has 1 heterocycles. The first-order valence-electron chi connectivity index (χ1n) is 6.35. The van der Waals surface area contributed by atoms with Crippen LogP contribution in [-0.4, -0.2) is 23.2 Å². The maximum absolute atomic E-state index is 11.3. The zero-order valence-corrected chi connectivity index (χ0v) is 11.5. The van der Waals surface area contributed by atoms with Gasteiger partial charge in [-0.05, 0) is 30.2 Å². The van der Waals surface area contributed by atoms with Gasteiger partial charge in [-0.3, -0.25) is 9.48 Å². The third-order valence-electron chi connectivity index (χ3n) is 3.07. The van der Waals surface area contributed by atoms with Gasteiger partial charge in [0.2, 0.25) is 0 Å². The number of carbonyl (C=O) groups is 1. The molecule has 0 fully saturated rings. The van der Waals surface area contributed by atoms with E-state index in [2.05, 4.69) is 12.0 Å². The van der Waals surface area contributed by atoms with Crippen LogP contribution in [0.1, 0.15) is 29.4 Å². The molecule has 2 rings (SSSR count). The van der Waals surface area contributed by atoms with E-state index in [9.17, 15) is 4.79 Å². The smallest absolute Gasteiger partial charge is 0.150 e. The number of nitrogens with zero attached hydrogens (tertiary/aromatic N) is 2. The number of aryl methyl sites for hydroxylation is 2. The summed E-state index contributed by atoms with van der Waals surface area (Å²) in [6.45, 7) is 2.12. The van der Waals surface area contributed by atoms with Gasteiger partial charge in [-0.2, -0.15) is 5.10 Å². The Morgan fingerprint density at radius 3 is 2.79 bits per heavy atom. The molecule has 0 aliphatic rings. The van der Waals surface area contributed by atoms with Gasteiger partial charge in [-0.25, -0.2) is 0 Å². The third-order valence-corrected chi connectivity index (χ3v) is 3.07. The molecular weight excluding hydrogens is 240 g/mol. The van der Waals surface area contributed by atoms with E-state index < -0.39 is 0 Å². The molecule has 4 nitrogen and oxygen atoms in total. The molecule has 1 aromatic carbocycles. The van der Waals surface area contributed by atoms with Crippen LogP contribution in [0.3, 0.4) is 0 Å². The minimum atomic E-state index is 0.629. The van der Waals surface area contributed by atoms with Gasteiger partial charge in [0.15, 0.2) is 6.29 Å². The molecule has 4 heteroatoms. The van der Waals surface area contributed by atoms with Gasteiger partial charge in [-0.1, -0.05) is 13.3 Å². The fourth-order valence-electron chi connectivity index (χ4n) is 2.19. The number of hydrogen-bond acceptors (Lipinski definition) is 3. The highest BCUT2D eigenvalue weighted by molar-refractivity contribution is 5.88. The van der Waals surface area contributed by atoms with Crippen LogP contribution in [0.4, 0.5) is 0 Å². The lowest BCUT2D eigenvalue weighted by Gasteiger charge is -2.07. The van der Waals surface area contributed by atoms with Gasteiger partial charge in [0.1, 0.15) is 5.75 Å². The van der Waals surface area contributed by atoms with Crippen molar-refractivity contribution in [3.63, 3.8) is 0 Å². The molecule has 2 aromatic rings. The summed E-state index contributed by atoms with van der Waals surface area (Å²) in [6.07, 6.45) is 4.75. The number of hydrogen-bond donors (Lipinski definition) is 0. The Labute approximate surface area is 113 Å². The molecular formula is C15H18N2O2. The van der Waals surface area contributed by atoms with E-state index in [1.54, 1.807) is 17.9 Å². The highest BCUT2D eigenvalue weighted by Crippen LogP contribution is 2.29. The Balaban J connectivity index is 2.54. The zero-order chi connectivity index (χ0) is 13.8. The average molecular weight is 258 g/mol. The van der Waals surface area contributed by atoms with Gasteiger partial charge in [-0.15, -0.1) is 0 Å². The number of carbonyl (C=O) groups excluding carboxylic acids is 1. The summed E-state index contributed by atoms with van der Waals surface area (Å²) in [5, 5.41) is 4.46. The molecule has 0 saturated carbocycles. The molecule has 0 aliphatic heterocycles. The molecule has 0 unspecified atom stereocenters. The van der Waals surface area contributed by atoms with Crippen LogP contribution in [-0.2, 0) is 13.5 Å². The highest BCUT2D eigenvalue weighted by atomic mass is 16.5. The molecule has 0 amide bonds. The van der Waals surface area contributed by atoms with E-state index in [-0.39, 0.29) is 0 Å². The van der Waals surface area contributed by atoms with Gasteiger partial charge in [0.05, 0.1) is 12.8 Å². The summed E-state index contributed by atoms with van der Waals surface area (Å²) < 4.78 is 6.94. The fraction of sp³-hybridized carbons (Fsp3) is 0.333. The number of aldehydes is 1. The molecule has 0 bridgehead atoms. The van der Waals surface area contributed by atoms with Gasteiger partial charge >= 0.3 is 0 Å². The molecule has 0 saturated heterocycles. The maximum Gasteiger partial charge on any atom is 0.150 e. The first-order chi connectivity index (χ1) is 9.19. The van der Waals surface area contributed by atoms with E-state index in [1.807, 2.05) is 25.4 Å². The Morgan fingerprint density at radius 1 is 1.37 bits per heavy atom. The van der Waals surface area contributed by atoms with Gasteiger partial charge in [0.25, 0.3) is 0 Å². The van der Waals surface area contributed by atoms with E-state index in [4.69, 9.17) is 4.74 Å². The molecule has 0 atom stereocenters. The fourth-order valence-corrected chi connectivity index (χ4v) is 2.19. The molecule has 0 aliphatic carbocycles. The number of aromatic nitrogens is 2. The molecule has 0 radical (unpaired) electrons. The second-order valence-electron chi connectivity index (χ2n) is 4.48. The molecule has 1 aromatic heterocycles. The number of benzene rings is 1. The quantitative estimate of drug-likeness (QED) is 0.775. The summed E-state index contributed by atoms with van der Waals surface area (Å²) in [7, 11) is 3.49. The van der Waals surface area contributed by atoms with E-state index in [0.29, 0.717) is 11.3 Å². The summed E-state index contributed by atoms with van der Waals surface area (Å²) in [4.78, 5) is 11.3. The molecule has 0 N–H and O–H groups in total. The van der Waals surface area contributed by atoms with Crippen molar-refractivity contribution >= 4 is 6.29 Å². The van der Waals surface area contributed by atoms with Crippen molar-refractivity contribution in [2.75, 3.05) is 7.11 Å². The summed E-state index contributed by atoms with van der Waals surface area (Å²) in [5.74, 6) is 0.687. The number of ether oxygens (including phenoxy) is 1. The van der Waals surface area contributed by atoms with E-state index >= 15 is 0 Å². The average Bonchev–Trinajstić information content (AvgIpc) is 2.79. The van der Waals surface area contributed by atoms with Crippen molar-refractivity contribution in [2.24, 2.45) is 7.05 Å². The predicted molar refractivity (Wildman–Crippen MR) is 74.6 cm³/mol. The monoisotopic (exact) mass is 258 g/mol. The van der Waals surface area contributed by atoms with Crippen LogP contribution < -0.4 is 4.74 Å². The van der Waals surface area contributed by atoms with Crippen LogP contribution in [0, 0.1) is 0 Å². The summed E-state index contributed by atoms with van der Waals surface area (Å²) >= 11 is 0. The lowest BCUT2D eigenvalue weighted by molar-refractivity contribution is 0.112. The number of methoxy groups -OCH3 is 1. The van der Waals surface area contributed by atoms with Crippen LogP contribution in [0.25, 0.3) is 11.1 Å². The molecule has 19 heavy (non-hydrogen) atoms. The Kier molecular flexibility index (Phi) is 4.00. The predicted octanol–water partition coefficient (Wildman–Crippen LogP) is 2.86. The second kappa shape index (κ2) is 5.69. The Hall–Kier alpha value is -2.10. The number of rotatable bonds is 5. The summed E-state index contributed by atoms with van der Waals surface area (Å²) in [6, 6.07) is 5.54. The summed E-state index contributed by atoms with van der Waals surface area (Å²) in [5.41, 5.74) is 3.59. The van der Waals surface area contributed by atoms with Crippen molar-refractivity contribution in [3.05, 3.63) is 35.7 Å². The topological polar surface area (TPSA) is 44.1 Å². The largest absolute Gasteiger partial charge is 0.497 e. The van der Waals surface area contributed by atoms with Crippen LogP contribution >= 0.6 is 0 Å².